The maximum absolute atomic E-state index is 12.6. The van der Waals surface area contributed by atoms with Crippen molar-refractivity contribution in [2.75, 3.05) is 0 Å². The van der Waals surface area contributed by atoms with Gasteiger partial charge in [-0.05, 0) is 47.2 Å². The van der Waals surface area contributed by atoms with Gasteiger partial charge in [0, 0.05) is 0 Å². The first kappa shape index (κ1) is 14.9. The van der Waals surface area contributed by atoms with Crippen LogP contribution < -0.4 is 0 Å². The van der Waals surface area contributed by atoms with Crippen LogP contribution in [-0.2, 0) is 9.84 Å². The van der Waals surface area contributed by atoms with Crippen LogP contribution in [0.15, 0.2) is 36.4 Å². The summed E-state index contributed by atoms with van der Waals surface area (Å²) < 4.78 is 23.0. The molecule has 0 amide bonds. The van der Waals surface area contributed by atoms with Crippen molar-refractivity contribution in [1.29, 1.82) is 0 Å². The van der Waals surface area contributed by atoms with Crippen molar-refractivity contribution < 1.29 is 8.42 Å². The second kappa shape index (κ2) is 5.01. The zero-order valence-electron chi connectivity index (χ0n) is 11.6. The molecule has 21 heavy (non-hydrogen) atoms. The summed E-state index contributed by atoms with van der Waals surface area (Å²) in [7, 11) is -3.71. The van der Waals surface area contributed by atoms with E-state index in [-0.39, 0.29) is 0 Å². The summed E-state index contributed by atoms with van der Waals surface area (Å²) in [5, 5.41) is 0. The molecule has 0 spiro atoms. The smallest absolute Gasteiger partial charge is 0.192 e. The van der Waals surface area contributed by atoms with Crippen LogP contribution >= 0.6 is 23.2 Å². The SMILES string of the molecule is Cc1cccc2c1-c1c(C)cccc1[C@H](Cl)S(=O)(=O)[C@H]2Cl. The highest BCUT2D eigenvalue weighted by Gasteiger charge is 2.40. The lowest BCUT2D eigenvalue weighted by molar-refractivity contribution is 0.592. The first-order chi connectivity index (χ1) is 9.85. The molecule has 2 aromatic carbocycles. The number of aryl methyl sites for hydroxylation is 2. The summed E-state index contributed by atoms with van der Waals surface area (Å²) in [5.41, 5.74) is 4.98. The van der Waals surface area contributed by atoms with E-state index < -0.39 is 19.3 Å². The molecule has 0 unspecified atom stereocenters. The molecule has 0 aliphatic carbocycles. The van der Waals surface area contributed by atoms with Gasteiger partial charge in [-0.1, -0.05) is 36.4 Å². The van der Waals surface area contributed by atoms with Crippen molar-refractivity contribution >= 4 is 33.0 Å². The van der Waals surface area contributed by atoms with Crippen molar-refractivity contribution in [2.45, 2.75) is 23.3 Å². The molecule has 0 bridgehead atoms. The standard InChI is InChI=1S/C16H14Cl2O2S/c1-9-5-3-7-11-13(9)14-10(2)6-4-8-12(14)16(18)21(19,20)15(11)17/h3-8,15-16H,1-2H3/t15-,16-/m1/s1. The van der Waals surface area contributed by atoms with Crippen LogP contribution in [0.3, 0.4) is 0 Å². The van der Waals surface area contributed by atoms with Crippen LogP contribution in [-0.4, -0.2) is 8.42 Å². The summed E-state index contributed by atoms with van der Waals surface area (Å²) >= 11 is 12.6. The van der Waals surface area contributed by atoms with E-state index in [0.717, 1.165) is 22.3 Å². The van der Waals surface area contributed by atoms with Crippen molar-refractivity contribution in [3.8, 4) is 11.1 Å². The fraction of sp³-hybridized carbons (Fsp3) is 0.250. The summed E-state index contributed by atoms with van der Waals surface area (Å²) in [6.45, 7) is 3.92. The highest BCUT2D eigenvalue weighted by Crippen LogP contribution is 2.50. The van der Waals surface area contributed by atoms with E-state index in [0.29, 0.717) is 11.1 Å². The van der Waals surface area contributed by atoms with Gasteiger partial charge < -0.3 is 0 Å². The van der Waals surface area contributed by atoms with Gasteiger partial charge in [0.1, 0.15) is 0 Å². The fourth-order valence-corrected chi connectivity index (χ4v) is 5.35. The van der Waals surface area contributed by atoms with Gasteiger partial charge in [0.25, 0.3) is 0 Å². The van der Waals surface area contributed by atoms with Crippen molar-refractivity contribution in [3.63, 3.8) is 0 Å². The molecule has 0 N–H and O–H groups in total. The molecule has 110 valence electrons. The second-order valence-electron chi connectivity index (χ2n) is 5.30. The molecule has 1 heterocycles. The van der Waals surface area contributed by atoms with E-state index in [1.807, 2.05) is 38.1 Å². The number of benzene rings is 2. The molecule has 2 aromatic rings. The van der Waals surface area contributed by atoms with Gasteiger partial charge in [-0.3, -0.25) is 0 Å². The maximum atomic E-state index is 12.6. The highest BCUT2D eigenvalue weighted by molar-refractivity contribution is 7.94. The third-order valence-corrected chi connectivity index (χ3v) is 7.55. The summed E-state index contributed by atoms with van der Waals surface area (Å²) in [6, 6.07) is 11.1. The lowest BCUT2D eigenvalue weighted by atomic mass is 9.89. The van der Waals surface area contributed by atoms with Gasteiger partial charge in [0.15, 0.2) is 19.3 Å². The Balaban J connectivity index is 2.53. The molecule has 0 radical (unpaired) electrons. The van der Waals surface area contributed by atoms with Gasteiger partial charge in [-0.15, -0.1) is 23.2 Å². The van der Waals surface area contributed by atoms with Crippen molar-refractivity contribution in [3.05, 3.63) is 58.7 Å². The van der Waals surface area contributed by atoms with Gasteiger partial charge in [-0.2, -0.15) is 0 Å². The molecule has 3 rings (SSSR count). The molecule has 0 saturated heterocycles. The fourth-order valence-electron chi connectivity index (χ4n) is 2.90. The lowest BCUT2D eigenvalue weighted by Crippen LogP contribution is -2.12. The number of sulfone groups is 1. The Hall–Kier alpha value is -1.03. The number of fused-ring (bicyclic) bond motifs is 3. The average molecular weight is 341 g/mol. The topological polar surface area (TPSA) is 34.1 Å². The molecular formula is C16H14Cl2O2S. The average Bonchev–Trinajstić information content (AvgIpc) is 2.51. The summed E-state index contributed by atoms with van der Waals surface area (Å²) in [5.74, 6) is 0. The molecule has 0 aromatic heterocycles. The van der Waals surface area contributed by atoms with Crippen LogP contribution in [0.1, 0.15) is 31.7 Å². The minimum atomic E-state index is -3.71. The minimum Gasteiger partial charge on any atom is -0.225 e. The Labute approximate surface area is 134 Å². The number of hydrogen-bond donors (Lipinski definition) is 0. The highest BCUT2D eigenvalue weighted by atomic mass is 35.5. The molecule has 2 atom stereocenters. The number of halogens is 2. The zero-order valence-corrected chi connectivity index (χ0v) is 13.9. The van der Waals surface area contributed by atoms with Crippen LogP contribution in [0.4, 0.5) is 0 Å². The Morgan fingerprint density at radius 3 is 1.57 bits per heavy atom. The zero-order chi connectivity index (χ0) is 15.4. The minimum absolute atomic E-state index is 0.607. The molecule has 1 aliphatic heterocycles. The summed E-state index contributed by atoms with van der Waals surface area (Å²) in [4.78, 5) is 0. The van der Waals surface area contributed by atoms with Gasteiger partial charge in [0.2, 0.25) is 0 Å². The van der Waals surface area contributed by atoms with E-state index in [1.54, 1.807) is 12.1 Å². The van der Waals surface area contributed by atoms with Crippen LogP contribution in [0.2, 0.25) is 0 Å². The van der Waals surface area contributed by atoms with E-state index in [9.17, 15) is 8.42 Å². The molecule has 0 fully saturated rings. The van der Waals surface area contributed by atoms with E-state index in [1.165, 1.54) is 0 Å². The Kier molecular flexibility index (Phi) is 3.55. The first-order valence-electron chi connectivity index (χ1n) is 6.56. The van der Waals surface area contributed by atoms with E-state index in [2.05, 4.69) is 0 Å². The predicted molar refractivity (Wildman–Crippen MR) is 87.5 cm³/mol. The number of rotatable bonds is 0. The van der Waals surface area contributed by atoms with Crippen molar-refractivity contribution in [1.82, 2.24) is 0 Å². The first-order valence-corrected chi connectivity index (χ1v) is 9.04. The molecule has 0 saturated carbocycles. The second-order valence-corrected chi connectivity index (χ2v) is 8.81. The predicted octanol–water partition coefficient (Wildman–Crippen LogP) is 4.87. The van der Waals surface area contributed by atoms with Gasteiger partial charge >= 0.3 is 0 Å². The number of hydrogen-bond acceptors (Lipinski definition) is 2. The van der Waals surface area contributed by atoms with Gasteiger partial charge in [0.05, 0.1) is 0 Å². The molecular weight excluding hydrogens is 327 g/mol. The Morgan fingerprint density at radius 1 is 0.810 bits per heavy atom. The van der Waals surface area contributed by atoms with E-state index >= 15 is 0 Å². The molecule has 5 heteroatoms. The van der Waals surface area contributed by atoms with Crippen LogP contribution in [0.5, 0.6) is 0 Å². The third kappa shape index (κ3) is 2.10. The monoisotopic (exact) mass is 340 g/mol. The largest absolute Gasteiger partial charge is 0.225 e. The molecule has 2 nitrogen and oxygen atoms in total. The Morgan fingerprint density at radius 2 is 1.19 bits per heavy atom. The van der Waals surface area contributed by atoms with Crippen LogP contribution in [0.25, 0.3) is 11.1 Å². The quantitative estimate of drug-likeness (QED) is 0.641. The van der Waals surface area contributed by atoms with Crippen molar-refractivity contribution in [2.24, 2.45) is 0 Å². The lowest BCUT2D eigenvalue weighted by Gasteiger charge is -2.15. The third-order valence-electron chi connectivity index (χ3n) is 3.93. The van der Waals surface area contributed by atoms with Crippen LogP contribution in [0, 0.1) is 13.8 Å². The molecule has 1 aliphatic rings. The Bertz CT molecular complexity index is 765. The maximum Gasteiger partial charge on any atom is 0.192 e. The van der Waals surface area contributed by atoms with Gasteiger partial charge in [-0.25, -0.2) is 8.42 Å². The normalized spacial score (nSPS) is 23.0. The number of alkyl halides is 2. The summed E-state index contributed by atoms with van der Waals surface area (Å²) in [6.07, 6.45) is 0. The van der Waals surface area contributed by atoms with E-state index in [4.69, 9.17) is 23.2 Å².